The zero-order chi connectivity index (χ0) is 21.5. The molecule has 7 heteroatoms. The van der Waals surface area contributed by atoms with Crippen LogP contribution in [0.1, 0.15) is 18.9 Å². The van der Waals surface area contributed by atoms with Gasteiger partial charge in [0.25, 0.3) is 5.91 Å². The highest BCUT2D eigenvalue weighted by molar-refractivity contribution is 8.26. The molecule has 3 rings (SSSR count). The van der Waals surface area contributed by atoms with Crippen molar-refractivity contribution in [3.63, 3.8) is 0 Å². The van der Waals surface area contributed by atoms with Gasteiger partial charge in [-0.05, 0) is 36.3 Å². The van der Waals surface area contributed by atoms with Crippen LogP contribution in [0.4, 0.5) is 5.69 Å². The van der Waals surface area contributed by atoms with Gasteiger partial charge in [0.05, 0.1) is 17.7 Å². The third-order valence-electron chi connectivity index (χ3n) is 4.37. The zero-order valence-electron chi connectivity index (χ0n) is 16.8. The molecule has 0 atom stereocenters. The fourth-order valence-corrected chi connectivity index (χ4v) is 4.29. The van der Waals surface area contributed by atoms with Crippen molar-refractivity contribution < 1.29 is 14.3 Å². The third kappa shape index (κ3) is 5.58. The van der Waals surface area contributed by atoms with Gasteiger partial charge in [-0.1, -0.05) is 72.5 Å². The van der Waals surface area contributed by atoms with E-state index in [0.717, 1.165) is 11.1 Å². The van der Waals surface area contributed by atoms with Crippen LogP contribution < -0.4 is 10.1 Å². The average Bonchev–Trinajstić information content (AvgIpc) is 3.00. The summed E-state index contributed by atoms with van der Waals surface area (Å²) < 4.78 is 5.70. The molecule has 0 aromatic heterocycles. The molecular formula is C23H22N2O3S2. The number of hydrogen-bond donors (Lipinski definition) is 1. The Bertz CT molecular complexity index is 1020. The minimum Gasteiger partial charge on any atom is -0.495 e. The molecule has 5 nitrogen and oxygen atoms in total. The highest BCUT2D eigenvalue weighted by atomic mass is 32.2. The summed E-state index contributed by atoms with van der Waals surface area (Å²) in [6.45, 7) is 2.17. The van der Waals surface area contributed by atoms with Crippen molar-refractivity contribution in [1.82, 2.24) is 4.90 Å². The van der Waals surface area contributed by atoms with Gasteiger partial charge in [-0.25, -0.2) is 0 Å². The number of anilines is 1. The molecule has 1 saturated heterocycles. The Morgan fingerprint density at radius 1 is 1.17 bits per heavy atom. The first-order valence-electron chi connectivity index (χ1n) is 9.39. The van der Waals surface area contributed by atoms with Crippen molar-refractivity contribution in [3.8, 4) is 5.75 Å². The van der Waals surface area contributed by atoms with Crippen molar-refractivity contribution >= 4 is 51.9 Å². The number of benzene rings is 2. The number of hydrogen-bond acceptors (Lipinski definition) is 5. The first-order valence-corrected chi connectivity index (χ1v) is 10.6. The van der Waals surface area contributed by atoms with Gasteiger partial charge in [0.2, 0.25) is 5.91 Å². The standard InChI is InChI=1S/C23H22N2O3S2/c1-16(14-17-8-4-3-5-9-17)15-20-22(27)25(23(29)30-20)13-12-21(26)24-18-10-6-7-11-19(18)28-2/h3-11,14-15H,12-13H2,1-2H3,(H,24,26)/b16-14+,20-15-. The highest BCUT2D eigenvalue weighted by Crippen LogP contribution is 2.32. The number of carbonyl (C=O) groups excluding carboxylic acids is 2. The predicted octanol–water partition coefficient (Wildman–Crippen LogP) is 4.87. The molecule has 0 spiro atoms. The van der Waals surface area contributed by atoms with Gasteiger partial charge >= 0.3 is 0 Å². The van der Waals surface area contributed by atoms with E-state index in [1.807, 2.05) is 61.5 Å². The monoisotopic (exact) mass is 438 g/mol. The van der Waals surface area contributed by atoms with Gasteiger partial charge in [-0.15, -0.1) is 0 Å². The predicted molar refractivity (Wildman–Crippen MR) is 126 cm³/mol. The number of methoxy groups -OCH3 is 1. The maximum Gasteiger partial charge on any atom is 0.266 e. The van der Waals surface area contributed by atoms with E-state index in [0.29, 0.717) is 20.7 Å². The van der Waals surface area contributed by atoms with Gasteiger partial charge in [0.1, 0.15) is 10.1 Å². The Labute approximate surface area is 185 Å². The SMILES string of the molecule is COc1ccccc1NC(=O)CCN1C(=O)/C(=C/C(C)=C/c2ccccc2)SC1=S. The molecule has 0 aliphatic carbocycles. The number of rotatable bonds is 7. The van der Waals surface area contributed by atoms with Gasteiger partial charge < -0.3 is 10.1 Å². The molecule has 154 valence electrons. The number of nitrogens with one attached hydrogen (secondary N) is 1. The molecule has 2 aromatic rings. The molecular weight excluding hydrogens is 416 g/mol. The molecule has 1 fully saturated rings. The molecule has 2 aromatic carbocycles. The first-order chi connectivity index (χ1) is 14.5. The lowest BCUT2D eigenvalue weighted by Gasteiger charge is -2.15. The highest BCUT2D eigenvalue weighted by Gasteiger charge is 2.32. The summed E-state index contributed by atoms with van der Waals surface area (Å²) in [6.07, 6.45) is 3.98. The summed E-state index contributed by atoms with van der Waals surface area (Å²) in [7, 11) is 1.55. The Hall–Kier alpha value is -2.90. The molecule has 0 bridgehead atoms. The van der Waals surface area contributed by atoms with E-state index >= 15 is 0 Å². The smallest absolute Gasteiger partial charge is 0.266 e. The average molecular weight is 439 g/mol. The topological polar surface area (TPSA) is 58.6 Å². The van der Waals surface area contributed by atoms with Gasteiger partial charge in [-0.2, -0.15) is 0 Å². The minimum absolute atomic E-state index is 0.136. The summed E-state index contributed by atoms with van der Waals surface area (Å²) in [5.74, 6) is 0.202. The second-order valence-corrected chi connectivity index (χ2v) is 8.31. The van der Waals surface area contributed by atoms with Crippen LogP contribution in [0.15, 0.2) is 71.2 Å². The second kappa shape index (κ2) is 10.2. The lowest BCUT2D eigenvalue weighted by Crippen LogP contribution is -2.31. The van der Waals surface area contributed by atoms with Crippen molar-refractivity contribution in [2.75, 3.05) is 19.0 Å². The Kier molecular flexibility index (Phi) is 7.43. The molecule has 1 aliphatic rings. The zero-order valence-corrected chi connectivity index (χ0v) is 18.4. The van der Waals surface area contributed by atoms with Crippen LogP contribution in [0, 0.1) is 0 Å². The Balaban J connectivity index is 1.61. The van der Waals surface area contributed by atoms with Crippen LogP contribution in [-0.2, 0) is 9.59 Å². The van der Waals surface area contributed by atoms with Crippen molar-refractivity contribution in [2.24, 2.45) is 0 Å². The number of nitrogens with zero attached hydrogens (tertiary/aromatic N) is 1. The molecule has 2 amide bonds. The van der Waals surface area contributed by atoms with Crippen LogP contribution in [-0.4, -0.2) is 34.7 Å². The van der Waals surface area contributed by atoms with Crippen LogP contribution in [0.25, 0.3) is 6.08 Å². The number of thioether (sulfide) groups is 1. The molecule has 1 aliphatic heterocycles. The maximum absolute atomic E-state index is 12.7. The Morgan fingerprint density at radius 3 is 2.60 bits per heavy atom. The van der Waals surface area contributed by atoms with E-state index in [1.165, 1.54) is 16.7 Å². The minimum atomic E-state index is -0.210. The fraction of sp³-hybridized carbons (Fsp3) is 0.174. The maximum atomic E-state index is 12.7. The summed E-state index contributed by atoms with van der Waals surface area (Å²) in [4.78, 5) is 27.1. The number of allylic oxidation sites excluding steroid dienone is 2. The second-order valence-electron chi connectivity index (χ2n) is 6.63. The van der Waals surface area contributed by atoms with E-state index in [4.69, 9.17) is 17.0 Å². The molecule has 1 N–H and O–H groups in total. The molecule has 0 unspecified atom stereocenters. The lowest BCUT2D eigenvalue weighted by molar-refractivity contribution is -0.122. The number of amides is 2. The van der Waals surface area contributed by atoms with Crippen molar-refractivity contribution in [2.45, 2.75) is 13.3 Å². The summed E-state index contributed by atoms with van der Waals surface area (Å²) in [5, 5.41) is 2.81. The van der Waals surface area contributed by atoms with E-state index in [2.05, 4.69) is 5.32 Å². The van der Waals surface area contributed by atoms with Gasteiger partial charge in [-0.3, -0.25) is 14.5 Å². The number of carbonyl (C=O) groups is 2. The van der Waals surface area contributed by atoms with E-state index < -0.39 is 0 Å². The normalized spacial score (nSPS) is 15.6. The molecule has 0 radical (unpaired) electrons. The lowest BCUT2D eigenvalue weighted by atomic mass is 10.1. The van der Waals surface area contributed by atoms with E-state index in [-0.39, 0.29) is 24.8 Å². The van der Waals surface area contributed by atoms with Gasteiger partial charge in [0.15, 0.2) is 0 Å². The summed E-state index contributed by atoms with van der Waals surface area (Å²) >= 11 is 6.61. The van der Waals surface area contributed by atoms with Crippen LogP contribution in [0.2, 0.25) is 0 Å². The quantitative estimate of drug-likeness (QED) is 0.494. The van der Waals surface area contributed by atoms with Gasteiger partial charge in [0, 0.05) is 13.0 Å². The van der Waals surface area contributed by atoms with Crippen LogP contribution >= 0.6 is 24.0 Å². The first kappa shape index (κ1) is 21.8. The van der Waals surface area contributed by atoms with Crippen molar-refractivity contribution in [3.05, 3.63) is 76.7 Å². The molecule has 0 saturated carbocycles. The summed E-state index contributed by atoms with van der Waals surface area (Å²) in [6, 6.07) is 17.1. The summed E-state index contributed by atoms with van der Waals surface area (Å²) in [5.41, 5.74) is 2.61. The van der Waals surface area contributed by atoms with Crippen LogP contribution in [0.5, 0.6) is 5.75 Å². The number of thiocarbonyl (C=S) groups is 1. The van der Waals surface area contributed by atoms with Crippen molar-refractivity contribution in [1.29, 1.82) is 0 Å². The molecule has 1 heterocycles. The van der Waals surface area contributed by atoms with E-state index in [1.54, 1.807) is 19.2 Å². The fourth-order valence-electron chi connectivity index (χ4n) is 2.93. The third-order valence-corrected chi connectivity index (χ3v) is 5.75. The Morgan fingerprint density at radius 2 is 1.87 bits per heavy atom. The number of para-hydroxylation sites is 2. The van der Waals surface area contributed by atoms with Crippen LogP contribution in [0.3, 0.4) is 0 Å². The molecule has 30 heavy (non-hydrogen) atoms. The van der Waals surface area contributed by atoms with E-state index in [9.17, 15) is 9.59 Å². The number of ether oxygens (including phenoxy) is 1. The largest absolute Gasteiger partial charge is 0.495 e.